The summed E-state index contributed by atoms with van der Waals surface area (Å²) in [7, 11) is -3.84. The van der Waals surface area contributed by atoms with Crippen LogP contribution in [-0.2, 0) is 10.0 Å². The number of nitrogens with one attached hydrogen (secondary N) is 1. The molecule has 3 heterocycles. The van der Waals surface area contributed by atoms with Crippen LogP contribution in [0.2, 0.25) is 0 Å². The van der Waals surface area contributed by atoms with E-state index in [1.807, 2.05) is 4.90 Å². The molecule has 2 aromatic rings. The smallest absolute Gasteiger partial charge is 0.285 e. The van der Waals surface area contributed by atoms with Crippen molar-refractivity contribution in [2.75, 3.05) is 13.1 Å². The van der Waals surface area contributed by atoms with Gasteiger partial charge in [0.25, 0.3) is 15.9 Å². The molecule has 4 rings (SSSR count). The predicted molar refractivity (Wildman–Crippen MR) is 112 cm³/mol. The molecule has 156 valence electrons. The Morgan fingerprint density at radius 2 is 1.73 bits per heavy atom. The van der Waals surface area contributed by atoms with Gasteiger partial charge in [-0.2, -0.15) is 8.42 Å². The third-order valence-electron chi connectivity index (χ3n) is 5.32. The molecule has 30 heavy (non-hydrogen) atoms. The maximum Gasteiger partial charge on any atom is 0.285 e. The van der Waals surface area contributed by atoms with Gasteiger partial charge in [-0.3, -0.25) is 9.78 Å². The molecule has 1 amide bonds. The molecule has 0 unspecified atom stereocenters. The van der Waals surface area contributed by atoms with Crippen molar-refractivity contribution in [2.45, 2.75) is 25.8 Å². The van der Waals surface area contributed by atoms with Crippen LogP contribution in [-0.4, -0.2) is 49.2 Å². The normalized spacial score (nSPS) is 19.0. The maximum atomic E-state index is 13.2. The van der Waals surface area contributed by atoms with E-state index in [2.05, 4.69) is 14.7 Å². The number of carbonyl (C=O) groups is 1. The zero-order valence-corrected chi connectivity index (χ0v) is 17.2. The van der Waals surface area contributed by atoms with Gasteiger partial charge in [-0.1, -0.05) is 12.1 Å². The number of halogens is 1. The van der Waals surface area contributed by atoms with Crippen LogP contribution in [0.3, 0.4) is 0 Å². The highest BCUT2D eigenvalue weighted by molar-refractivity contribution is 8.00. The molecule has 0 atom stereocenters. The molecule has 0 radical (unpaired) electrons. The molecule has 0 saturated carbocycles. The van der Waals surface area contributed by atoms with Gasteiger partial charge in [0.05, 0.1) is 0 Å². The van der Waals surface area contributed by atoms with Crippen molar-refractivity contribution in [1.29, 1.82) is 0 Å². The van der Waals surface area contributed by atoms with E-state index in [0.29, 0.717) is 48.5 Å². The largest absolute Gasteiger partial charge is 0.356 e. The van der Waals surface area contributed by atoms with Gasteiger partial charge in [0.2, 0.25) is 0 Å². The topological polar surface area (TPSA) is 91.7 Å². The minimum Gasteiger partial charge on any atom is -0.356 e. The molecule has 1 N–H and O–H groups in total. The lowest BCUT2D eigenvalue weighted by Gasteiger charge is -2.33. The Balaban J connectivity index is 1.46. The van der Waals surface area contributed by atoms with E-state index in [4.69, 9.17) is 0 Å². The molecular weight excluding hydrogens is 407 g/mol. The van der Waals surface area contributed by atoms with Gasteiger partial charge >= 0.3 is 0 Å². The summed E-state index contributed by atoms with van der Waals surface area (Å²) in [6.07, 6.45) is 4.50. The van der Waals surface area contributed by atoms with Gasteiger partial charge in [0.1, 0.15) is 16.6 Å². The number of aromatic nitrogens is 1. The van der Waals surface area contributed by atoms with Crippen LogP contribution in [0.1, 0.15) is 35.7 Å². The number of sulfonamides is 1. The number of hydrogen-bond donors (Lipinski definition) is 1. The zero-order chi connectivity index (χ0) is 21.3. The van der Waals surface area contributed by atoms with E-state index in [-0.39, 0.29) is 16.9 Å². The molecule has 1 aromatic carbocycles. The fourth-order valence-electron chi connectivity index (χ4n) is 3.79. The van der Waals surface area contributed by atoms with Crippen molar-refractivity contribution in [3.63, 3.8) is 0 Å². The van der Waals surface area contributed by atoms with Gasteiger partial charge < -0.3 is 10.2 Å². The average Bonchev–Trinajstić information content (AvgIpc) is 2.99. The molecule has 0 spiro atoms. The van der Waals surface area contributed by atoms with E-state index < -0.39 is 15.8 Å². The van der Waals surface area contributed by atoms with Crippen molar-refractivity contribution in [2.24, 2.45) is 4.40 Å². The van der Waals surface area contributed by atoms with E-state index in [9.17, 15) is 17.6 Å². The lowest BCUT2D eigenvalue weighted by molar-refractivity contribution is 0.0922. The van der Waals surface area contributed by atoms with Crippen LogP contribution in [0.25, 0.3) is 4.91 Å². The molecule has 9 heteroatoms. The summed E-state index contributed by atoms with van der Waals surface area (Å²) in [4.78, 5) is 18.3. The molecule has 7 nitrogen and oxygen atoms in total. The SMILES string of the molecule is CC1=C(c2ccc(F)cc2)S(=O)(=O)N=C1N1CCC(NC(=O)c2ccncc2)CC1. The van der Waals surface area contributed by atoms with Crippen molar-refractivity contribution >= 4 is 26.7 Å². The number of benzene rings is 1. The van der Waals surface area contributed by atoms with Crippen LogP contribution in [0.4, 0.5) is 4.39 Å². The Hall–Kier alpha value is -3.07. The average molecular weight is 428 g/mol. The second kappa shape index (κ2) is 7.98. The van der Waals surface area contributed by atoms with Crippen molar-refractivity contribution in [3.8, 4) is 0 Å². The van der Waals surface area contributed by atoms with Crippen molar-refractivity contribution in [3.05, 3.63) is 71.3 Å². The summed E-state index contributed by atoms with van der Waals surface area (Å²) in [5.74, 6) is -0.149. The zero-order valence-electron chi connectivity index (χ0n) is 16.4. The van der Waals surface area contributed by atoms with E-state index >= 15 is 0 Å². The van der Waals surface area contributed by atoms with Gasteiger partial charge in [-0.05, 0) is 49.6 Å². The van der Waals surface area contributed by atoms with Gasteiger partial charge in [-0.15, -0.1) is 4.40 Å². The fraction of sp³-hybridized carbons (Fsp3) is 0.286. The van der Waals surface area contributed by atoms with Crippen LogP contribution in [0.5, 0.6) is 0 Å². The first-order valence-corrected chi connectivity index (χ1v) is 11.1. The number of hydrogen-bond acceptors (Lipinski definition) is 5. The van der Waals surface area contributed by atoms with Gasteiger partial charge in [0.15, 0.2) is 0 Å². The summed E-state index contributed by atoms with van der Waals surface area (Å²) in [5, 5.41) is 3.01. The van der Waals surface area contributed by atoms with Crippen molar-refractivity contribution < 1.29 is 17.6 Å². The summed E-state index contributed by atoms with van der Waals surface area (Å²) in [6, 6.07) is 8.69. The van der Waals surface area contributed by atoms with E-state index in [0.717, 1.165) is 0 Å². The first-order valence-electron chi connectivity index (χ1n) is 9.63. The Morgan fingerprint density at radius 3 is 2.37 bits per heavy atom. The number of amidine groups is 1. The monoisotopic (exact) mass is 428 g/mol. The highest BCUT2D eigenvalue weighted by Crippen LogP contribution is 2.34. The second-order valence-electron chi connectivity index (χ2n) is 7.32. The molecule has 2 aliphatic heterocycles. The Bertz CT molecular complexity index is 1120. The Morgan fingerprint density at radius 1 is 1.10 bits per heavy atom. The minimum absolute atomic E-state index is 0.00128. The van der Waals surface area contributed by atoms with Gasteiger partial charge in [-0.25, -0.2) is 4.39 Å². The summed E-state index contributed by atoms with van der Waals surface area (Å²) >= 11 is 0. The minimum atomic E-state index is -3.84. The lowest BCUT2D eigenvalue weighted by atomic mass is 10.0. The molecule has 1 fully saturated rings. The number of pyridine rings is 1. The fourth-order valence-corrected chi connectivity index (χ4v) is 5.28. The van der Waals surface area contributed by atoms with Crippen LogP contribution in [0.15, 0.2) is 58.8 Å². The van der Waals surface area contributed by atoms with Crippen LogP contribution >= 0.6 is 0 Å². The molecule has 1 aromatic heterocycles. The summed E-state index contributed by atoms with van der Waals surface area (Å²) < 4.78 is 42.5. The van der Waals surface area contributed by atoms with Crippen LogP contribution in [0, 0.1) is 5.82 Å². The Kier molecular flexibility index (Phi) is 5.38. The third-order valence-corrected chi connectivity index (χ3v) is 6.79. The lowest BCUT2D eigenvalue weighted by Crippen LogP contribution is -2.46. The molecule has 0 bridgehead atoms. The summed E-state index contributed by atoms with van der Waals surface area (Å²) in [6.45, 7) is 2.87. The number of nitrogens with zero attached hydrogens (tertiary/aromatic N) is 3. The standard InChI is InChI=1S/C21H21FN4O3S/c1-14-19(15-2-4-17(22)5-3-15)30(28,29)25-20(14)26-12-8-18(9-13-26)24-21(27)16-6-10-23-11-7-16/h2-7,10-11,18H,8-9,12-13H2,1H3,(H,24,27). The first-order chi connectivity index (χ1) is 14.3. The third kappa shape index (κ3) is 3.97. The second-order valence-corrected chi connectivity index (χ2v) is 8.86. The quantitative estimate of drug-likeness (QED) is 0.811. The first kappa shape index (κ1) is 20.2. The molecule has 0 aliphatic carbocycles. The molecule has 2 aliphatic rings. The number of rotatable bonds is 3. The number of carbonyl (C=O) groups excluding carboxylic acids is 1. The number of amides is 1. The van der Waals surface area contributed by atoms with Crippen LogP contribution < -0.4 is 5.32 Å². The number of likely N-dealkylation sites (tertiary alicyclic amines) is 1. The van der Waals surface area contributed by atoms with E-state index in [1.165, 1.54) is 24.3 Å². The van der Waals surface area contributed by atoms with Gasteiger partial charge in [0, 0.05) is 42.7 Å². The highest BCUT2D eigenvalue weighted by atomic mass is 32.2. The number of piperidine rings is 1. The predicted octanol–water partition coefficient (Wildman–Crippen LogP) is 2.59. The molecule has 1 saturated heterocycles. The maximum absolute atomic E-state index is 13.2. The highest BCUT2D eigenvalue weighted by Gasteiger charge is 2.35. The van der Waals surface area contributed by atoms with E-state index in [1.54, 1.807) is 31.5 Å². The summed E-state index contributed by atoms with van der Waals surface area (Å²) in [5.41, 5.74) is 1.54. The van der Waals surface area contributed by atoms with Crippen molar-refractivity contribution in [1.82, 2.24) is 15.2 Å². The Labute approximate surface area is 174 Å². The molecular formula is C21H21FN4O3S.